The molecule has 2 aliphatic rings. The van der Waals surface area contributed by atoms with Crippen molar-refractivity contribution < 1.29 is 24.2 Å². The van der Waals surface area contributed by atoms with Crippen molar-refractivity contribution >= 4 is 11.9 Å². The lowest BCUT2D eigenvalue weighted by atomic mass is 9.74. The SMILES string of the molecule is O=C(NCC1(C(=O)O)CCCCC1)C1COc2ccccc2O1. The first-order valence-corrected chi connectivity index (χ1v) is 8.00. The molecule has 1 aliphatic heterocycles. The molecule has 23 heavy (non-hydrogen) atoms. The molecule has 1 heterocycles. The number of benzene rings is 1. The van der Waals surface area contributed by atoms with Gasteiger partial charge in [0.1, 0.15) is 6.61 Å². The van der Waals surface area contributed by atoms with Crippen LogP contribution in [-0.2, 0) is 9.59 Å². The third kappa shape index (κ3) is 3.25. The lowest BCUT2D eigenvalue weighted by Crippen LogP contribution is -2.50. The fraction of sp³-hybridized carbons (Fsp3) is 0.529. The molecule has 0 bridgehead atoms. The van der Waals surface area contributed by atoms with Crippen LogP contribution in [0.25, 0.3) is 0 Å². The molecule has 3 rings (SSSR count). The maximum absolute atomic E-state index is 12.3. The zero-order chi connectivity index (χ0) is 16.3. The summed E-state index contributed by atoms with van der Waals surface area (Å²) >= 11 is 0. The maximum atomic E-state index is 12.3. The Bertz CT molecular complexity index is 594. The normalized spacial score (nSPS) is 22.2. The molecule has 2 N–H and O–H groups in total. The van der Waals surface area contributed by atoms with Gasteiger partial charge in [-0.2, -0.15) is 0 Å². The van der Waals surface area contributed by atoms with E-state index in [1.807, 2.05) is 12.1 Å². The summed E-state index contributed by atoms with van der Waals surface area (Å²) in [5.74, 6) is -0.00953. The standard InChI is InChI=1S/C17H21NO5/c19-15(14-10-22-12-6-2-3-7-13(12)23-14)18-11-17(16(20)21)8-4-1-5-9-17/h2-3,6-7,14H,1,4-5,8-11H2,(H,18,19)(H,20,21). The van der Waals surface area contributed by atoms with Crippen molar-refractivity contribution in [1.82, 2.24) is 5.32 Å². The van der Waals surface area contributed by atoms with Gasteiger partial charge >= 0.3 is 5.97 Å². The maximum Gasteiger partial charge on any atom is 0.311 e. The Labute approximate surface area is 134 Å². The van der Waals surface area contributed by atoms with Crippen LogP contribution in [0.1, 0.15) is 32.1 Å². The van der Waals surface area contributed by atoms with E-state index in [4.69, 9.17) is 9.47 Å². The van der Waals surface area contributed by atoms with Crippen LogP contribution in [0, 0.1) is 5.41 Å². The molecule has 6 nitrogen and oxygen atoms in total. The van der Waals surface area contributed by atoms with Crippen molar-refractivity contribution in [3.63, 3.8) is 0 Å². The summed E-state index contributed by atoms with van der Waals surface area (Å²) in [6.45, 7) is 0.269. The molecule has 1 saturated carbocycles. The zero-order valence-electron chi connectivity index (χ0n) is 12.9. The highest BCUT2D eigenvalue weighted by atomic mass is 16.6. The molecule has 0 aromatic heterocycles. The summed E-state index contributed by atoms with van der Waals surface area (Å²) in [6.07, 6.45) is 3.29. The molecule has 1 atom stereocenters. The Morgan fingerprint density at radius 2 is 1.87 bits per heavy atom. The fourth-order valence-electron chi connectivity index (χ4n) is 3.21. The number of fused-ring (bicyclic) bond motifs is 1. The Balaban J connectivity index is 1.60. The van der Waals surface area contributed by atoms with Crippen LogP contribution in [0.15, 0.2) is 24.3 Å². The van der Waals surface area contributed by atoms with Gasteiger partial charge in [-0.15, -0.1) is 0 Å². The van der Waals surface area contributed by atoms with Gasteiger partial charge in [-0.1, -0.05) is 31.4 Å². The molecule has 0 radical (unpaired) electrons. The highest BCUT2D eigenvalue weighted by molar-refractivity contribution is 5.83. The monoisotopic (exact) mass is 319 g/mol. The predicted molar refractivity (Wildman–Crippen MR) is 82.5 cm³/mol. The van der Waals surface area contributed by atoms with E-state index in [1.54, 1.807) is 12.1 Å². The van der Waals surface area contributed by atoms with E-state index < -0.39 is 17.5 Å². The molecule has 124 valence electrons. The Morgan fingerprint density at radius 3 is 2.57 bits per heavy atom. The van der Waals surface area contributed by atoms with Crippen LogP contribution in [-0.4, -0.2) is 36.2 Å². The van der Waals surface area contributed by atoms with Crippen LogP contribution in [0.3, 0.4) is 0 Å². The minimum atomic E-state index is -0.846. The summed E-state index contributed by atoms with van der Waals surface area (Å²) in [5, 5.41) is 12.3. The van der Waals surface area contributed by atoms with Gasteiger partial charge in [-0.25, -0.2) is 0 Å². The quantitative estimate of drug-likeness (QED) is 0.886. The van der Waals surface area contributed by atoms with Gasteiger partial charge in [0, 0.05) is 6.54 Å². The minimum Gasteiger partial charge on any atom is -0.485 e. The van der Waals surface area contributed by atoms with Gasteiger partial charge in [-0.3, -0.25) is 9.59 Å². The molecular weight excluding hydrogens is 298 g/mol. The third-order valence-corrected chi connectivity index (χ3v) is 4.67. The molecule has 1 amide bonds. The van der Waals surface area contributed by atoms with Gasteiger partial charge in [0.25, 0.3) is 5.91 Å². The van der Waals surface area contributed by atoms with Crippen LogP contribution in [0.5, 0.6) is 11.5 Å². The van der Waals surface area contributed by atoms with E-state index >= 15 is 0 Å². The van der Waals surface area contributed by atoms with E-state index in [0.717, 1.165) is 19.3 Å². The first-order valence-electron chi connectivity index (χ1n) is 8.00. The molecule has 6 heteroatoms. The number of amides is 1. The summed E-state index contributed by atoms with van der Waals surface area (Å²) in [7, 11) is 0. The first-order chi connectivity index (χ1) is 11.1. The van der Waals surface area contributed by atoms with Crippen LogP contribution in [0.2, 0.25) is 0 Å². The summed E-state index contributed by atoms with van der Waals surface area (Å²) in [6, 6.07) is 7.17. The van der Waals surface area contributed by atoms with E-state index in [1.165, 1.54) is 0 Å². The number of hydrogen-bond donors (Lipinski definition) is 2. The highest BCUT2D eigenvalue weighted by Gasteiger charge is 2.40. The van der Waals surface area contributed by atoms with E-state index in [0.29, 0.717) is 24.3 Å². The number of carboxylic acid groups (broad SMARTS) is 1. The minimum absolute atomic E-state index is 0.128. The number of nitrogens with one attached hydrogen (secondary N) is 1. The second-order valence-electron chi connectivity index (χ2n) is 6.23. The topological polar surface area (TPSA) is 84.9 Å². The van der Waals surface area contributed by atoms with Crippen molar-refractivity contribution in [2.24, 2.45) is 5.41 Å². The predicted octanol–water partition coefficient (Wildman–Crippen LogP) is 1.98. The second-order valence-corrected chi connectivity index (χ2v) is 6.23. The number of rotatable bonds is 4. The Hall–Kier alpha value is -2.24. The van der Waals surface area contributed by atoms with Crippen LogP contribution >= 0.6 is 0 Å². The van der Waals surface area contributed by atoms with E-state index in [-0.39, 0.29) is 19.1 Å². The Morgan fingerprint density at radius 1 is 1.17 bits per heavy atom. The molecule has 1 unspecified atom stereocenters. The molecule has 1 aromatic carbocycles. The smallest absolute Gasteiger partial charge is 0.311 e. The van der Waals surface area contributed by atoms with Gasteiger partial charge in [0.05, 0.1) is 5.41 Å². The van der Waals surface area contributed by atoms with Gasteiger partial charge in [-0.05, 0) is 25.0 Å². The van der Waals surface area contributed by atoms with Gasteiger partial charge < -0.3 is 19.9 Å². The highest BCUT2D eigenvalue weighted by Crippen LogP contribution is 2.36. The Kier molecular flexibility index (Phi) is 4.41. The summed E-state index contributed by atoms with van der Waals surface area (Å²) in [5.41, 5.74) is -0.846. The number of carboxylic acids is 1. The average molecular weight is 319 g/mol. The average Bonchev–Trinajstić information content (AvgIpc) is 2.60. The van der Waals surface area contributed by atoms with Crippen molar-refractivity contribution in [3.8, 4) is 11.5 Å². The lowest BCUT2D eigenvalue weighted by molar-refractivity contribution is -0.151. The number of aliphatic carboxylic acids is 1. The number of ether oxygens (including phenoxy) is 2. The molecule has 1 fully saturated rings. The number of para-hydroxylation sites is 2. The fourth-order valence-corrected chi connectivity index (χ4v) is 3.21. The second kappa shape index (κ2) is 6.48. The van der Waals surface area contributed by atoms with Crippen LogP contribution < -0.4 is 14.8 Å². The van der Waals surface area contributed by atoms with Crippen molar-refractivity contribution in [2.45, 2.75) is 38.2 Å². The molecular formula is C17H21NO5. The zero-order valence-corrected chi connectivity index (χ0v) is 12.9. The molecule has 1 aliphatic carbocycles. The molecule has 0 saturated heterocycles. The first kappa shape index (κ1) is 15.6. The molecule has 0 spiro atoms. The van der Waals surface area contributed by atoms with Crippen LogP contribution in [0.4, 0.5) is 0 Å². The number of carbonyl (C=O) groups excluding carboxylic acids is 1. The summed E-state index contributed by atoms with van der Waals surface area (Å²) < 4.78 is 11.2. The van der Waals surface area contributed by atoms with Crippen molar-refractivity contribution in [2.75, 3.05) is 13.2 Å². The van der Waals surface area contributed by atoms with Gasteiger partial charge in [0.2, 0.25) is 6.10 Å². The third-order valence-electron chi connectivity index (χ3n) is 4.67. The largest absolute Gasteiger partial charge is 0.485 e. The lowest BCUT2D eigenvalue weighted by Gasteiger charge is -2.34. The number of hydrogen-bond acceptors (Lipinski definition) is 4. The van der Waals surface area contributed by atoms with Gasteiger partial charge in [0.15, 0.2) is 11.5 Å². The van der Waals surface area contributed by atoms with Crippen molar-refractivity contribution in [3.05, 3.63) is 24.3 Å². The summed E-state index contributed by atoms with van der Waals surface area (Å²) in [4.78, 5) is 23.9. The van der Waals surface area contributed by atoms with Crippen molar-refractivity contribution in [1.29, 1.82) is 0 Å². The number of carbonyl (C=O) groups is 2. The van der Waals surface area contributed by atoms with E-state index in [9.17, 15) is 14.7 Å². The molecule has 1 aromatic rings. The van der Waals surface area contributed by atoms with E-state index in [2.05, 4.69) is 5.32 Å².